The second kappa shape index (κ2) is 6.27. The molecule has 0 fully saturated rings. The van der Waals surface area contributed by atoms with Crippen molar-refractivity contribution in [2.45, 2.75) is 33.6 Å². The zero-order valence-electron chi connectivity index (χ0n) is 13.0. The number of rotatable bonds is 4. The fraction of sp³-hybridized carbons (Fsp3) is 0.278. The fourth-order valence-corrected chi connectivity index (χ4v) is 2.62. The zero-order chi connectivity index (χ0) is 15.6. The van der Waals surface area contributed by atoms with E-state index in [1.165, 1.54) is 11.1 Å². The molecule has 0 heterocycles. The van der Waals surface area contributed by atoms with E-state index in [1.54, 1.807) is 0 Å². The molecule has 0 aliphatic heterocycles. The van der Waals surface area contributed by atoms with Crippen molar-refractivity contribution in [2.24, 2.45) is 5.73 Å². The average Bonchev–Trinajstić information content (AvgIpc) is 2.42. The minimum atomic E-state index is 0.417. The predicted octanol–water partition coefficient (Wildman–Crippen LogP) is 4.80. The zero-order valence-corrected chi connectivity index (χ0v) is 13.8. The van der Waals surface area contributed by atoms with Crippen molar-refractivity contribution in [1.82, 2.24) is 0 Å². The minimum absolute atomic E-state index is 0.417. The summed E-state index contributed by atoms with van der Waals surface area (Å²) in [6, 6.07) is 12.5. The molecule has 110 valence electrons. The second-order valence-corrected chi connectivity index (χ2v) is 6.17. The van der Waals surface area contributed by atoms with Crippen LogP contribution in [0, 0.1) is 13.8 Å². The van der Waals surface area contributed by atoms with Crippen molar-refractivity contribution < 1.29 is 0 Å². The molecule has 0 bridgehead atoms. The highest BCUT2D eigenvalue weighted by molar-refractivity contribution is 7.80. The van der Waals surface area contributed by atoms with Crippen LogP contribution in [0.3, 0.4) is 0 Å². The molecule has 2 nitrogen and oxygen atoms in total. The Morgan fingerprint density at radius 2 is 1.86 bits per heavy atom. The molecule has 0 radical (unpaired) electrons. The van der Waals surface area contributed by atoms with Gasteiger partial charge in [0.05, 0.1) is 0 Å². The van der Waals surface area contributed by atoms with Crippen LogP contribution < -0.4 is 11.1 Å². The first-order valence-electron chi connectivity index (χ1n) is 7.17. The Labute approximate surface area is 132 Å². The second-order valence-electron chi connectivity index (χ2n) is 5.73. The van der Waals surface area contributed by atoms with Gasteiger partial charge in [-0.15, -0.1) is 0 Å². The largest absolute Gasteiger partial charge is 0.389 e. The summed E-state index contributed by atoms with van der Waals surface area (Å²) >= 11 is 5.18. The van der Waals surface area contributed by atoms with Crippen molar-refractivity contribution in [3.05, 3.63) is 58.7 Å². The molecular formula is C18H22N2S. The Bertz CT molecular complexity index is 675. The maximum atomic E-state index is 5.86. The van der Waals surface area contributed by atoms with E-state index in [1.807, 2.05) is 19.1 Å². The number of para-hydroxylation sites is 1. The lowest BCUT2D eigenvalue weighted by Crippen LogP contribution is -2.13. The number of nitrogens with one attached hydrogen (secondary N) is 1. The predicted molar refractivity (Wildman–Crippen MR) is 95.6 cm³/mol. The van der Waals surface area contributed by atoms with Crippen LogP contribution in [0.5, 0.6) is 0 Å². The van der Waals surface area contributed by atoms with Gasteiger partial charge in [-0.05, 0) is 43.0 Å². The Morgan fingerprint density at radius 1 is 1.14 bits per heavy atom. The summed E-state index contributed by atoms with van der Waals surface area (Å²) in [7, 11) is 0. The number of aryl methyl sites for hydroxylation is 2. The van der Waals surface area contributed by atoms with E-state index in [9.17, 15) is 0 Å². The molecule has 3 heteroatoms. The maximum absolute atomic E-state index is 5.86. The molecule has 0 amide bonds. The maximum Gasteiger partial charge on any atom is 0.106 e. The van der Waals surface area contributed by atoms with Crippen LogP contribution in [0.1, 0.15) is 42.0 Å². The van der Waals surface area contributed by atoms with Gasteiger partial charge in [0.25, 0.3) is 0 Å². The first-order chi connectivity index (χ1) is 9.90. The molecule has 2 rings (SSSR count). The highest BCUT2D eigenvalue weighted by Gasteiger charge is 2.12. The summed E-state index contributed by atoms with van der Waals surface area (Å²) in [6.45, 7) is 8.55. The molecule has 0 atom stereocenters. The van der Waals surface area contributed by atoms with Crippen LogP contribution in [-0.4, -0.2) is 4.99 Å². The van der Waals surface area contributed by atoms with Gasteiger partial charge in [-0.2, -0.15) is 0 Å². The smallest absolute Gasteiger partial charge is 0.106 e. The number of thiocarbonyl (C=S) groups is 1. The van der Waals surface area contributed by atoms with Crippen molar-refractivity contribution in [3.63, 3.8) is 0 Å². The standard InChI is InChI=1S/C18H22N2S/c1-11(2)14-7-5-6-13(4)17(14)20-16-9-8-12(3)10-15(16)18(19)21/h5-11,20H,1-4H3,(H2,19,21). The fourth-order valence-electron chi connectivity index (χ4n) is 2.45. The van der Waals surface area contributed by atoms with Crippen LogP contribution in [0.25, 0.3) is 0 Å². The van der Waals surface area contributed by atoms with Crippen LogP contribution in [-0.2, 0) is 0 Å². The van der Waals surface area contributed by atoms with Gasteiger partial charge in [-0.1, -0.05) is 55.9 Å². The Balaban J connectivity index is 2.51. The quantitative estimate of drug-likeness (QED) is 0.796. The summed E-state index contributed by atoms with van der Waals surface area (Å²) < 4.78 is 0. The van der Waals surface area contributed by atoms with E-state index in [4.69, 9.17) is 18.0 Å². The molecule has 0 saturated carbocycles. The topological polar surface area (TPSA) is 38.0 Å². The monoisotopic (exact) mass is 298 g/mol. The van der Waals surface area contributed by atoms with Gasteiger partial charge in [0.15, 0.2) is 0 Å². The highest BCUT2D eigenvalue weighted by Crippen LogP contribution is 2.31. The molecule has 0 aliphatic rings. The lowest BCUT2D eigenvalue weighted by molar-refractivity contribution is 0.867. The van der Waals surface area contributed by atoms with Gasteiger partial charge in [0.1, 0.15) is 4.99 Å². The minimum Gasteiger partial charge on any atom is -0.389 e. The molecule has 0 aliphatic carbocycles. The molecule has 0 unspecified atom stereocenters. The molecule has 2 aromatic rings. The van der Waals surface area contributed by atoms with Gasteiger partial charge in [-0.3, -0.25) is 0 Å². The number of nitrogens with two attached hydrogens (primary N) is 1. The van der Waals surface area contributed by atoms with E-state index in [0.29, 0.717) is 10.9 Å². The van der Waals surface area contributed by atoms with Crippen molar-refractivity contribution in [1.29, 1.82) is 0 Å². The number of hydrogen-bond donors (Lipinski definition) is 2. The van der Waals surface area contributed by atoms with Crippen molar-refractivity contribution in [3.8, 4) is 0 Å². The van der Waals surface area contributed by atoms with Gasteiger partial charge in [-0.25, -0.2) is 0 Å². The average molecular weight is 298 g/mol. The molecule has 2 aromatic carbocycles. The van der Waals surface area contributed by atoms with Crippen LogP contribution in [0.2, 0.25) is 0 Å². The SMILES string of the molecule is Cc1ccc(Nc2c(C)cccc2C(C)C)c(C(N)=S)c1. The molecular weight excluding hydrogens is 276 g/mol. The molecule has 0 aromatic heterocycles. The molecule has 0 spiro atoms. The van der Waals surface area contributed by atoms with Crippen molar-refractivity contribution >= 4 is 28.6 Å². The van der Waals surface area contributed by atoms with Gasteiger partial charge < -0.3 is 11.1 Å². The number of anilines is 2. The van der Waals surface area contributed by atoms with Gasteiger partial charge in [0.2, 0.25) is 0 Å². The summed E-state index contributed by atoms with van der Waals surface area (Å²) in [5.74, 6) is 0.450. The van der Waals surface area contributed by atoms with E-state index >= 15 is 0 Å². The van der Waals surface area contributed by atoms with E-state index in [2.05, 4.69) is 50.4 Å². The Hall–Kier alpha value is -1.87. The van der Waals surface area contributed by atoms with Crippen LogP contribution in [0.4, 0.5) is 11.4 Å². The summed E-state index contributed by atoms with van der Waals surface area (Å²) in [4.78, 5) is 0.417. The van der Waals surface area contributed by atoms with Crippen LogP contribution >= 0.6 is 12.2 Å². The third-order valence-electron chi connectivity index (χ3n) is 3.63. The third-order valence-corrected chi connectivity index (χ3v) is 3.85. The normalized spacial score (nSPS) is 10.7. The van der Waals surface area contributed by atoms with Gasteiger partial charge >= 0.3 is 0 Å². The molecule has 21 heavy (non-hydrogen) atoms. The molecule has 0 saturated heterocycles. The number of benzene rings is 2. The van der Waals surface area contributed by atoms with Crippen LogP contribution in [0.15, 0.2) is 36.4 Å². The van der Waals surface area contributed by atoms with E-state index < -0.39 is 0 Å². The lowest BCUT2D eigenvalue weighted by Gasteiger charge is -2.19. The Kier molecular flexibility index (Phi) is 4.63. The van der Waals surface area contributed by atoms with Crippen molar-refractivity contribution in [2.75, 3.05) is 5.32 Å². The lowest BCUT2D eigenvalue weighted by atomic mass is 9.97. The summed E-state index contributed by atoms with van der Waals surface area (Å²) in [5.41, 5.74) is 12.5. The van der Waals surface area contributed by atoms with Gasteiger partial charge in [0, 0.05) is 16.9 Å². The first-order valence-corrected chi connectivity index (χ1v) is 7.58. The first kappa shape index (κ1) is 15.5. The summed E-state index contributed by atoms with van der Waals surface area (Å²) in [6.07, 6.45) is 0. The summed E-state index contributed by atoms with van der Waals surface area (Å²) in [5, 5.41) is 3.53. The van der Waals surface area contributed by atoms with E-state index in [-0.39, 0.29) is 0 Å². The third kappa shape index (κ3) is 3.42. The number of hydrogen-bond acceptors (Lipinski definition) is 2. The highest BCUT2D eigenvalue weighted by atomic mass is 32.1. The van der Waals surface area contributed by atoms with E-state index in [0.717, 1.165) is 22.5 Å². The molecule has 3 N–H and O–H groups in total. The Morgan fingerprint density at radius 3 is 2.48 bits per heavy atom.